The minimum absolute atomic E-state index is 0.0114. The van der Waals surface area contributed by atoms with Crippen LogP contribution in [0.2, 0.25) is 0 Å². The van der Waals surface area contributed by atoms with Crippen molar-refractivity contribution in [3.05, 3.63) is 35.9 Å². The smallest absolute Gasteiger partial charge is 0.387 e. The molecule has 0 spiro atoms. The lowest BCUT2D eigenvalue weighted by molar-refractivity contribution is -0.148. The second-order valence-corrected chi connectivity index (χ2v) is 4.78. The lowest BCUT2D eigenvalue weighted by Gasteiger charge is -2.17. The molecule has 5 heteroatoms. The number of benzene rings is 1. The van der Waals surface area contributed by atoms with Gasteiger partial charge in [0.05, 0.1) is 0 Å². The number of alkyl halides is 2. The summed E-state index contributed by atoms with van der Waals surface area (Å²) in [5.74, 6) is -0.531. The average Bonchev–Trinajstić information content (AvgIpc) is 2.24. The number of hydrogen-bond acceptors (Lipinski definition) is 3. The van der Waals surface area contributed by atoms with E-state index in [0.717, 1.165) is 0 Å². The van der Waals surface area contributed by atoms with E-state index in [1.807, 2.05) is 0 Å². The highest BCUT2D eigenvalue weighted by Gasteiger charge is 2.14. The van der Waals surface area contributed by atoms with Crippen molar-refractivity contribution >= 4 is 12.0 Å². The largest absolute Gasteiger partial charge is 0.457 e. The van der Waals surface area contributed by atoms with Gasteiger partial charge in [-0.3, -0.25) is 0 Å². The van der Waals surface area contributed by atoms with Gasteiger partial charge in [0.2, 0.25) is 0 Å². The highest BCUT2D eigenvalue weighted by Crippen LogP contribution is 2.21. The normalized spacial score (nSPS) is 11.9. The minimum Gasteiger partial charge on any atom is -0.457 e. The first-order valence-corrected chi connectivity index (χ1v) is 5.73. The summed E-state index contributed by atoms with van der Waals surface area (Å²) in [5, 5.41) is 0. The summed E-state index contributed by atoms with van der Waals surface area (Å²) in [6.07, 6.45) is 2.56. The van der Waals surface area contributed by atoms with E-state index in [0.29, 0.717) is 5.56 Å². The molecule has 0 heterocycles. The predicted molar refractivity (Wildman–Crippen MR) is 68.0 cm³/mol. The van der Waals surface area contributed by atoms with Crippen LogP contribution >= 0.6 is 0 Å². The molecular formula is C14H16F2O3. The third-order valence-corrected chi connectivity index (χ3v) is 1.94. The molecule has 0 bridgehead atoms. The molecule has 0 N–H and O–H groups in total. The lowest BCUT2D eigenvalue weighted by Crippen LogP contribution is -2.22. The van der Waals surface area contributed by atoms with E-state index in [2.05, 4.69) is 4.74 Å². The topological polar surface area (TPSA) is 35.5 Å². The monoisotopic (exact) mass is 270 g/mol. The number of para-hydroxylation sites is 1. The second-order valence-electron chi connectivity index (χ2n) is 4.78. The van der Waals surface area contributed by atoms with Crippen molar-refractivity contribution in [1.29, 1.82) is 0 Å². The molecule has 0 radical (unpaired) electrons. The first-order chi connectivity index (χ1) is 8.78. The maximum absolute atomic E-state index is 12.2. The molecule has 0 aliphatic carbocycles. The zero-order valence-electron chi connectivity index (χ0n) is 11.0. The van der Waals surface area contributed by atoms with Crippen LogP contribution in [-0.2, 0) is 9.53 Å². The van der Waals surface area contributed by atoms with Gasteiger partial charge in [0.25, 0.3) is 0 Å². The summed E-state index contributed by atoms with van der Waals surface area (Å²) >= 11 is 0. The molecule has 0 aliphatic rings. The van der Waals surface area contributed by atoms with E-state index in [1.54, 1.807) is 39.0 Å². The molecule has 0 saturated carbocycles. The predicted octanol–water partition coefficient (Wildman–Crippen LogP) is 3.64. The zero-order valence-corrected chi connectivity index (χ0v) is 11.0. The Morgan fingerprint density at radius 3 is 2.47 bits per heavy atom. The number of halogens is 2. The molecule has 1 rings (SSSR count). The van der Waals surface area contributed by atoms with Crippen LogP contribution < -0.4 is 4.74 Å². The summed E-state index contributed by atoms with van der Waals surface area (Å²) in [5.41, 5.74) is -0.214. The van der Waals surface area contributed by atoms with Crippen molar-refractivity contribution in [1.82, 2.24) is 0 Å². The number of esters is 1. The summed E-state index contributed by atoms with van der Waals surface area (Å²) in [6, 6.07) is 6.20. The second kappa shape index (κ2) is 6.31. The van der Waals surface area contributed by atoms with Gasteiger partial charge in [-0.15, -0.1) is 0 Å². The van der Waals surface area contributed by atoms with E-state index in [4.69, 9.17) is 4.74 Å². The maximum atomic E-state index is 12.2. The number of rotatable bonds is 4. The fourth-order valence-electron chi connectivity index (χ4n) is 1.32. The molecule has 1 aromatic carbocycles. The van der Waals surface area contributed by atoms with E-state index < -0.39 is 18.2 Å². The molecule has 104 valence electrons. The Balaban J connectivity index is 2.79. The first-order valence-electron chi connectivity index (χ1n) is 5.73. The fourth-order valence-corrected chi connectivity index (χ4v) is 1.32. The molecule has 0 aliphatic heterocycles. The third kappa shape index (κ3) is 5.99. The Kier molecular flexibility index (Phi) is 5.03. The molecule has 0 aromatic heterocycles. The molecule has 1 aromatic rings. The molecule has 3 nitrogen and oxygen atoms in total. The number of hydrogen-bond donors (Lipinski definition) is 0. The third-order valence-electron chi connectivity index (χ3n) is 1.94. The molecule has 0 amide bonds. The average molecular weight is 270 g/mol. The van der Waals surface area contributed by atoms with E-state index in [-0.39, 0.29) is 5.75 Å². The van der Waals surface area contributed by atoms with E-state index in [9.17, 15) is 13.6 Å². The van der Waals surface area contributed by atoms with Gasteiger partial charge in [-0.1, -0.05) is 18.2 Å². The Labute approximate surface area is 110 Å². The number of carbonyl (C=O) groups is 1. The van der Waals surface area contributed by atoms with Crippen molar-refractivity contribution < 1.29 is 23.0 Å². The summed E-state index contributed by atoms with van der Waals surface area (Å²) in [6.45, 7) is 2.32. The highest BCUT2D eigenvalue weighted by molar-refractivity contribution is 5.87. The number of ether oxygens (including phenoxy) is 2. The molecular weight excluding hydrogens is 254 g/mol. The Hall–Kier alpha value is -1.91. The van der Waals surface area contributed by atoms with Gasteiger partial charge in [0.15, 0.2) is 0 Å². The summed E-state index contributed by atoms with van der Waals surface area (Å²) in [4.78, 5) is 11.5. The van der Waals surface area contributed by atoms with E-state index in [1.165, 1.54) is 18.2 Å². The van der Waals surface area contributed by atoms with Crippen molar-refractivity contribution in [3.63, 3.8) is 0 Å². The van der Waals surface area contributed by atoms with Crippen molar-refractivity contribution in [3.8, 4) is 5.75 Å². The SMILES string of the molecule is CC(C)(C)OC(=O)/C=C/c1ccccc1OC(F)F. The van der Waals surface area contributed by atoms with E-state index >= 15 is 0 Å². The van der Waals surface area contributed by atoms with Crippen molar-refractivity contribution in [2.45, 2.75) is 33.0 Å². The van der Waals surface area contributed by atoms with Crippen LogP contribution in [0.3, 0.4) is 0 Å². The van der Waals surface area contributed by atoms with Crippen LogP contribution in [0.25, 0.3) is 6.08 Å². The van der Waals surface area contributed by atoms with Crippen LogP contribution in [0.4, 0.5) is 8.78 Å². The summed E-state index contributed by atoms with van der Waals surface area (Å²) < 4.78 is 33.8. The fraction of sp³-hybridized carbons (Fsp3) is 0.357. The molecule has 0 fully saturated rings. The van der Waals surface area contributed by atoms with Gasteiger partial charge in [-0.2, -0.15) is 8.78 Å². The van der Waals surface area contributed by atoms with Crippen LogP contribution in [-0.4, -0.2) is 18.2 Å². The maximum Gasteiger partial charge on any atom is 0.387 e. The molecule has 0 atom stereocenters. The van der Waals surface area contributed by atoms with Gasteiger partial charge in [-0.05, 0) is 32.9 Å². The van der Waals surface area contributed by atoms with Gasteiger partial charge in [0, 0.05) is 11.6 Å². The Morgan fingerprint density at radius 1 is 1.26 bits per heavy atom. The molecule has 0 unspecified atom stereocenters. The quantitative estimate of drug-likeness (QED) is 0.619. The van der Waals surface area contributed by atoms with Crippen LogP contribution in [0.15, 0.2) is 30.3 Å². The zero-order chi connectivity index (χ0) is 14.5. The first kappa shape index (κ1) is 15.1. The van der Waals surface area contributed by atoms with Crippen LogP contribution in [0.1, 0.15) is 26.3 Å². The van der Waals surface area contributed by atoms with Gasteiger partial charge in [-0.25, -0.2) is 4.79 Å². The Morgan fingerprint density at radius 2 is 1.89 bits per heavy atom. The minimum atomic E-state index is -2.91. The number of carbonyl (C=O) groups excluding carboxylic acids is 1. The van der Waals surface area contributed by atoms with Crippen LogP contribution in [0, 0.1) is 0 Å². The summed E-state index contributed by atoms with van der Waals surface area (Å²) in [7, 11) is 0. The van der Waals surface area contributed by atoms with Gasteiger partial charge < -0.3 is 9.47 Å². The van der Waals surface area contributed by atoms with Gasteiger partial charge >= 0.3 is 12.6 Å². The van der Waals surface area contributed by atoms with Crippen LogP contribution in [0.5, 0.6) is 5.75 Å². The molecule has 19 heavy (non-hydrogen) atoms. The lowest BCUT2D eigenvalue weighted by atomic mass is 10.2. The van der Waals surface area contributed by atoms with Crippen molar-refractivity contribution in [2.75, 3.05) is 0 Å². The standard InChI is InChI=1S/C14H16F2O3/c1-14(2,3)19-12(17)9-8-10-6-4-5-7-11(10)18-13(15)16/h4-9,13H,1-3H3/b9-8+. The van der Waals surface area contributed by atoms with Crippen molar-refractivity contribution in [2.24, 2.45) is 0 Å². The molecule has 0 saturated heterocycles. The Bertz CT molecular complexity index is 462. The highest BCUT2D eigenvalue weighted by atomic mass is 19.3. The van der Waals surface area contributed by atoms with Gasteiger partial charge in [0.1, 0.15) is 11.4 Å².